The molecule has 146 valence electrons. The summed E-state index contributed by atoms with van der Waals surface area (Å²) in [6.45, 7) is 2.27. The van der Waals surface area contributed by atoms with Crippen molar-refractivity contribution in [1.29, 1.82) is 0 Å². The molecular weight excluding hydrogens is 433 g/mol. The molecule has 3 heterocycles. The van der Waals surface area contributed by atoms with Crippen LogP contribution >= 0.6 is 15.9 Å². The topological polar surface area (TPSA) is 108 Å². The standard InChI is InChI=1S/C18H17BrFN5O3/c1-8-10(7-24(2)23-8)16(26)15-14(17(21)27)22-18-9-5-11(19)12(20)6-13(9)28-4-3-25(15)18/h5-7,16,26H,3-4H2,1-2H3,(H2,21,27). The predicted octanol–water partition coefficient (Wildman–Crippen LogP) is 2.07. The molecule has 1 aliphatic heterocycles. The molecule has 0 fully saturated rings. The highest BCUT2D eigenvalue weighted by atomic mass is 79.9. The lowest BCUT2D eigenvalue weighted by Crippen LogP contribution is -2.19. The Hall–Kier alpha value is -2.72. The zero-order chi connectivity index (χ0) is 20.2. The number of primary amides is 1. The summed E-state index contributed by atoms with van der Waals surface area (Å²) in [5.74, 6) is -0.559. The molecule has 1 aromatic carbocycles. The molecule has 8 nitrogen and oxygen atoms in total. The van der Waals surface area contributed by atoms with Crippen molar-refractivity contribution in [2.75, 3.05) is 6.61 Å². The number of aromatic nitrogens is 4. The van der Waals surface area contributed by atoms with Crippen LogP contribution in [0, 0.1) is 12.7 Å². The van der Waals surface area contributed by atoms with Gasteiger partial charge in [-0.3, -0.25) is 9.48 Å². The van der Waals surface area contributed by atoms with Gasteiger partial charge in [0, 0.05) is 24.9 Å². The number of benzene rings is 1. The molecular formula is C18H17BrFN5O3. The third-order valence-electron chi connectivity index (χ3n) is 4.68. The molecule has 3 N–H and O–H groups in total. The van der Waals surface area contributed by atoms with Gasteiger partial charge in [0.15, 0.2) is 5.69 Å². The van der Waals surface area contributed by atoms with E-state index in [4.69, 9.17) is 10.5 Å². The number of nitrogens with two attached hydrogens (primary N) is 1. The number of hydrogen-bond acceptors (Lipinski definition) is 5. The van der Waals surface area contributed by atoms with Crippen molar-refractivity contribution in [3.8, 4) is 17.1 Å². The number of aryl methyl sites for hydroxylation is 2. The van der Waals surface area contributed by atoms with Gasteiger partial charge in [0.1, 0.15) is 30.1 Å². The van der Waals surface area contributed by atoms with Crippen molar-refractivity contribution >= 4 is 21.8 Å². The Balaban J connectivity index is 1.96. The van der Waals surface area contributed by atoms with E-state index in [-0.39, 0.29) is 22.5 Å². The molecule has 1 amide bonds. The minimum Gasteiger partial charge on any atom is -0.491 e. The zero-order valence-corrected chi connectivity index (χ0v) is 16.7. The first kappa shape index (κ1) is 18.6. The number of aliphatic hydroxyl groups is 1. The van der Waals surface area contributed by atoms with Crippen molar-refractivity contribution in [3.63, 3.8) is 0 Å². The molecule has 0 bridgehead atoms. The van der Waals surface area contributed by atoms with Crippen LogP contribution < -0.4 is 10.5 Å². The molecule has 1 unspecified atom stereocenters. The number of imidazole rings is 1. The van der Waals surface area contributed by atoms with E-state index in [0.29, 0.717) is 34.9 Å². The smallest absolute Gasteiger partial charge is 0.269 e. The summed E-state index contributed by atoms with van der Waals surface area (Å²) in [4.78, 5) is 16.5. The number of ether oxygens (including phenoxy) is 1. The molecule has 0 radical (unpaired) electrons. The van der Waals surface area contributed by atoms with Gasteiger partial charge in [-0.2, -0.15) is 5.10 Å². The fraction of sp³-hybridized carbons (Fsp3) is 0.278. The van der Waals surface area contributed by atoms with Gasteiger partial charge in [0.05, 0.1) is 28.0 Å². The first-order valence-electron chi connectivity index (χ1n) is 8.48. The molecule has 1 aliphatic rings. The summed E-state index contributed by atoms with van der Waals surface area (Å²) < 4.78 is 23.1. The maximum absolute atomic E-state index is 13.9. The summed E-state index contributed by atoms with van der Waals surface area (Å²) in [6, 6.07) is 2.79. The second-order valence-electron chi connectivity index (χ2n) is 6.54. The van der Waals surface area contributed by atoms with Gasteiger partial charge in [0.2, 0.25) is 0 Å². The normalized spacial score (nSPS) is 14.0. The predicted molar refractivity (Wildman–Crippen MR) is 101 cm³/mol. The quantitative estimate of drug-likeness (QED) is 0.635. The lowest BCUT2D eigenvalue weighted by atomic mass is 10.1. The number of hydrogen-bond donors (Lipinski definition) is 2. The molecule has 28 heavy (non-hydrogen) atoms. The minimum absolute atomic E-state index is 0.0425. The molecule has 0 spiro atoms. The van der Waals surface area contributed by atoms with Crippen molar-refractivity contribution < 1.29 is 19.0 Å². The maximum Gasteiger partial charge on any atom is 0.269 e. The number of nitrogens with zero attached hydrogens (tertiary/aromatic N) is 4. The monoisotopic (exact) mass is 449 g/mol. The highest BCUT2D eigenvalue weighted by Crippen LogP contribution is 2.39. The van der Waals surface area contributed by atoms with E-state index in [1.807, 2.05) is 0 Å². The van der Waals surface area contributed by atoms with E-state index >= 15 is 0 Å². The SMILES string of the molecule is Cc1nn(C)cc1C(O)c1c(C(N)=O)nc2n1CCOc1cc(F)c(Br)cc1-2. The fourth-order valence-electron chi connectivity index (χ4n) is 3.46. The van der Waals surface area contributed by atoms with Gasteiger partial charge in [-0.15, -0.1) is 0 Å². The Morgan fingerprint density at radius 3 is 2.86 bits per heavy atom. The van der Waals surface area contributed by atoms with Crippen LogP contribution in [0.4, 0.5) is 4.39 Å². The van der Waals surface area contributed by atoms with Crippen LogP contribution in [0.3, 0.4) is 0 Å². The lowest BCUT2D eigenvalue weighted by molar-refractivity contribution is 0.0989. The third kappa shape index (κ3) is 2.89. The summed E-state index contributed by atoms with van der Waals surface area (Å²) in [6.07, 6.45) is 0.514. The van der Waals surface area contributed by atoms with Crippen molar-refractivity contribution in [1.82, 2.24) is 19.3 Å². The van der Waals surface area contributed by atoms with Crippen molar-refractivity contribution in [2.24, 2.45) is 12.8 Å². The molecule has 0 aliphatic carbocycles. The molecule has 0 saturated heterocycles. The number of aliphatic hydroxyl groups excluding tert-OH is 1. The summed E-state index contributed by atoms with van der Waals surface area (Å²) in [7, 11) is 1.74. The number of halogens is 2. The van der Waals surface area contributed by atoms with E-state index in [2.05, 4.69) is 26.0 Å². The molecule has 3 aromatic rings. The van der Waals surface area contributed by atoms with Gasteiger partial charge in [-0.1, -0.05) is 0 Å². The Morgan fingerprint density at radius 1 is 1.46 bits per heavy atom. The number of carbonyl (C=O) groups is 1. The van der Waals surface area contributed by atoms with Crippen LogP contribution in [0.1, 0.15) is 33.5 Å². The van der Waals surface area contributed by atoms with Crippen molar-refractivity contribution in [2.45, 2.75) is 19.6 Å². The summed E-state index contributed by atoms with van der Waals surface area (Å²) in [5, 5.41) is 15.3. The third-order valence-corrected chi connectivity index (χ3v) is 5.29. The Bertz CT molecular complexity index is 1110. The summed E-state index contributed by atoms with van der Waals surface area (Å²) in [5.41, 5.74) is 7.43. The van der Waals surface area contributed by atoms with Crippen molar-refractivity contribution in [3.05, 3.63) is 51.3 Å². The van der Waals surface area contributed by atoms with Crippen LogP contribution in [0.15, 0.2) is 22.8 Å². The number of fused-ring (bicyclic) bond motifs is 3. The van der Waals surface area contributed by atoms with Crippen LogP contribution in [-0.2, 0) is 13.6 Å². The number of rotatable bonds is 3. The first-order chi connectivity index (χ1) is 13.3. The van der Waals surface area contributed by atoms with Gasteiger partial charge in [-0.05, 0) is 28.9 Å². The van der Waals surface area contributed by atoms with Gasteiger partial charge in [0.25, 0.3) is 5.91 Å². The molecule has 4 rings (SSSR count). The van der Waals surface area contributed by atoms with Crippen LogP contribution in [0.5, 0.6) is 5.75 Å². The average Bonchev–Trinajstić information content (AvgIpc) is 3.12. The second-order valence-corrected chi connectivity index (χ2v) is 7.40. The Labute approximate surface area is 167 Å². The molecule has 1 atom stereocenters. The fourth-order valence-corrected chi connectivity index (χ4v) is 3.80. The Kier molecular flexibility index (Phi) is 4.47. The minimum atomic E-state index is -1.16. The molecule has 2 aromatic heterocycles. The van der Waals surface area contributed by atoms with E-state index in [1.54, 1.807) is 29.4 Å². The van der Waals surface area contributed by atoms with Crippen LogP contribution in [0.25, 0.3) is 11.4 Å². The highest BCUT2D eigenvalue weighted by molar-refractivity contribution is 9.10. The van der Waals surface area contributed by atoms with E-state index in [0.717, 1.165) is 0 Å². The second kappa shape index (κ2) is 6.71. The highest BCUT2D eigenvalue weighted by Gasteiger charge is 2.31. The molecule has 0 saturated carbocycles. The van der Waals surface area contributed by atoms with Gasteiger partial charge >= 0.3 is 0 Å². The summed E-state index contributed by atoms with van der Waals surface area (Å²) >= 11 is 3.16. The van der Waals surface area contributed by atoms with Crippen LogP contribution in [0.2, 0.25) is 0 Å². The van der Waals surface area contributed by atoms with Crippen LogP contribution in [-0.4, -0.2) is 37.0 Å². The zero-order valence-electron chi connectivity index (χ0n) is 15.1. The van der Waals surface area contributed by atoms with E-state index < -0.39 is 17.8 Å². The van der Waals surface area contributed by atoms with E-state index in [9.17, 15) is 14.3 Å². The molecule has 10 heteroatoms. The first-order valence-corrected chi connectivity index (χ1v) is 9.28. The Morgan fingerprint density at radius 2 is 2.21 bits per heavy atom. The number of amides is 1. The lowest BCUT2D eigenvalue weighted by Gasteiger charge is -2.15. The average molecular weight is 450 g/mol. The van der Waals surface area contributed by atoms with Gasteiger partial charge < -0.3 is 20.1 Å². The maximum atomic E-state index is 13.9. The van der Waals surface area contributed by atoms with E-state index in [1.165, 1.54) is 12.1 Å². The largest absolute Gasteiger partial charge is 0.491 e. The van der Waals surface area contributed by atoms with Gasteiger partial charge in [-0.25, -0.2) is 9.37 Å². The number of carbonyl (C=O) groups excluding carboxylic acids is 1.